The number of nitrogens with zero attached hydrogens (tertiary/aromatic N) is 1. The molecule has 0 bridgehead atoms. The second-order valence-corrected chi connectivity index (χ2v) is 10.6. The molecule has 2 aromatic carbocycles. The highest BCUT2D eigenvalue weighted by Gasteiger charge is 2.27. The van der Waals surface area contributed by atoms with Crippen molar-refractivity contribution in [3.63, 3.8) is 0 Å². The van der Waals surface area contributed by atoms with Crippen LogP contribution in [-0.4, -0.2) is 41.3 Å². The van der Waals surface area contributed by atoms with Gasteiger partial charge in [-0.3, -0.25) is 9.59 Å². The number of likely N-dealkylation sites (tertiary alicyclic amines) is 1. The molecule has 0 aliphatic carbocycles. The lowest BCUT2D eigenvalue weighted by Crippen LogP contribution is -2.40. The van der Waals surface area contributed by atoms with E-state index in [0.717, 1.165) is 11.3 Å². The van der Waals surface area contributed by atoms with Crippen molar-refractivity contribution in [1.82, 2.24) is 4.90 Å². The Balaban J connectivity index is 1.27. The molecular formula is C25H28N2O2S2. The van der Waals surface area contributed by atoms with Crippen LogP contribution in [0.2, 0.25) is 0 Å². The zero-order valence-electron chi connectivity index (χ0n) is 17.5. The standard InChI is InChI=1S/C25H28N2O2S2/c28-23(11-10-19-6-2-1-3-7-19)27-14-12-20(13-15-27)24(29)26-22-9-4-8-21(18-22)25-30-16-5-17-31-25/h1-4,6-11,18,20,25H,5,12-17H2,(H,26,29)/b11-10+. The molecule has 2 aromatic rings. The summed E-state index contributed by atoms with van der Waals surface area (Å²) in [5, 5.41) is 3.11. The summed E-state index contributed by atoms with van der Waals surface area (Å²) in [5.74, 6) is 2.42. The molecule has 0 atom stereocenters. The summed E-state index contributed by atoms with van der Waals surface area (Å²) >= 11 is 3.97. The molecular weight excluding hydrogens is 424 g/mol. The first kappa shape index (κ1) is 22.0. The van der Waals surface area contributed by atoms with E-state index < -0.39 is 0 Å². The van der Waals surface area contributed by atoms with E-state index in [9.17, 15) is 9.59 Å². The van der Waals surface area contributed by atoms with Crippen LogP contribution in [0.3, 0.4) is 0 Å². The minimum Gasteiger partial charge on any atom is -0.339 e. The molecule has 2 fully saturated rings. The summed E-state index contributed by atoms with van der Waals surface area (Å²) in [7, 11) is 0. The van der Waals surface area contributed by atoms with Crippen LogP contribution in [-0.2, 0) is 9.59 Å². The number of anilines is 1. The van der Waals surface area contributed by atoms with Gasteiger partial charge in [-0.1, -0.05) is 42.5 Å². The van der Waals surface area contributed by atoms with Crippen LogP contribution in [0.25, 0.3) is 6.08 Å². The third kappa shape index (κ3) is 6.17. The first-order valence-corrected chi connectivity index (χ1v) is 12.9. The van der Waals surface area contributed by atoms with Gasteiger partial charge < -0.3 is 10.2 Å². The number of amides is 2. The molecule has 4 nitrogen and oxygen atoms in total. The molecule has 2 heterocycles. The fraction of sp³-hybridized carbons (Fsp3) is 0.360. The number of piperidine rings is 1. The molecule has 0 aromatic heterocycles. The fourth-order valence-corrected chi connectivity index (χ4v) is 6.76. The normalized spacial score (nSPS) is 18.3. The molecule has 0 unspecified atom stereocenters. The predicted octanol–water partition coefficient (Wildman–Crippen LogP) is 5.45. The van der Waals surface area contributed by atoms with E-state index in [0.29, 0.717) is 30.5 Å². The zero-order chi connectivity index (χ0) is 21.5. The fourth-order valence-electron chi connectivity index (χ4n) is 3.89. The number of hydrogen-bond donors (Lipinski definition) is 1. The van der Waals surface area contributed by atoms with Crippen LogP contribution in [0.1, 0.15) is 35.0 Å². The first-order chi connectivity index (χ1) is 15.2. The Morgan fingerprint density at radius 2 is 1.71 bits per heavy atom. The number of nitrogens with one attached hydrogen (secondary N) is 1. The van der Waals surface area contributed by atoms with Crippen LogP contribution in [0.4, 0.5) is 5.69 Å². The Kier molecular flexibility index (Phi) is 7.76. The lowest BCUT2D eigenvalue weighted by atomic mass is 9.95. The quantitative estimate of drug-likeness (QED) is 0.613. The molecule has 2 saturated heterocycles. The maximum Gasteiger partial charge on any atom is 0.246 e. The van der Waals surface area contributed by atoms with Gasteiger partial charge in [0.25, 0.3) is 0 Å². The largest absolute Gasteiger partial charge is 0.339 e. The number of benzene rings is 2. The van der Waals surface area contributed by atoms with E-state index in [-0.39, 0.29) is 17.7 Å². The van der Waals surface area contributed by atoms with Gasteiger partial charge in [-0.25, -0.2) is 0 Å². The van der Waals surface area contributed by atoms with E-state index in [1.165, 1.54) is 23.5 Å². The smallest absolute Gasteiger partial charge is 0.246 e. The van der Waals surface area contributed by atoms with Gasteiger partial charge in [0.15, 0.2) is 0 Å². The monoisotopic (exact) mass is 452 g/mol. The average Bonchev–Trinajstić information content (AvgIpc) is 2.84. The van der Waals surface area contributed by atoms with Gasteiger partial charge in [0, 0.05) is 30.8 Å². The highest BCUT2D eigenvalue weighted by molar-refractivity contribution is 8.16. The molecule has 6 heteroatoms. The van der Waals surface area contributed by atoms with Crippen LogP contribution >= 0.6 is 23.5 Å². The predicted molar refractivity (Wildman–Crippen MR) is 132 cm³/mol. The van der Waals surface area contributed by atoms with Gasteiger partial charge in [-0.15, -0.1) is 23.5 Å². The molecule has 2 aliphatic heterocycles. The Hall–Kier alpha value is -2.18. The van der Waals surface area contributed by atoms with Crippen molar-refractivity contribution in [2.24, 2.45) is 5.92 Å². The SMILES string of the molecule is O=C(Nc1cccc(C2SCCCS2)c1)C1CCN(C(=O)/C=C/c2ccccc2)CC1. The van der Waals surface area contributed by atoms with Crippen molar-refractivity contribution >= 4 is 47.1 Å². The van der Waals surface area contributed by atoms with Crippen LogP contribution in [0.15, 0.2) is 60.7 Å². The first-order valence-electron chi connectivity index (χ1n) is 10.8. The van der Waals surface area contributed by atoms with Gasteiger partial charge in [-0.2, -0.15) is 0 Å². The number of carbonyl (C=O) groups is 2. The molecule has 4 rings (SSSR count). The number of carbonyl (C=O) groups excluding carboxylic acids is 2. The summed E-state index contributed by atoms with van der Waals surface area (Å²) < 4.78 is 0.462. The summed E-state index contributed by atoms with van der Waals surface area (Å²) in [6.45, 7) is 1.23. The zero-order valence-corrected chi connectivity index (χ0v) is 19.2. The maximum atomic E-state index is 12.8. The second kappa shape index (κ2) is 10.9. The molecule has 2 aliphatic rings. The van der Waals surface area contributed by atoms with E-state index in [1.54, 1.807) is 6.08 Å². The van der Waals surface area contributed by atoms with Crippen molar-refractivity contribution in [2.75, 3.05) is 29.9 Å². The van der Waals surface area contributed by atoms with Crippen molar-refractivity contribution in [1.29, 1.82) is 0 Å². The molecule has 1 N–H and O–H groups in total. The lowest BCUT2D eigenvalue weighted by Gasteiger charge is -2.30. The van der Waals surface area contributed by atoms with Gasteiger partial charge in [0.05, 0.1) is 4.58 Å². The number of thioether (sulfide) groups is 2. The Labute approximate surface area is 192 Å². The van der Waals surface area contributed by atoms with E-state index >= 15 is 0 Å². The number of rotatable bonds is 5. The summed E-state index contributed by atoms with van der Waals surface area (Å²) in [6.07, 6.45) is 6.14. The highest BCUT2D eigenvalue weighted by atomic mass is 32.2. The lowest BCUT2D eigenvalue weighted by molar-refractivity contribution is -0.130. The van der Waals surface area contributed by atoms with Gasteiger partial charge >= 0.3 is 0 Å². The molecule has 0 radical (unpaired) electrons. The van der Waals surface area contributed by atoms with Gasteiger partial charge in [0.1, 0.15) is 0 Å². The highest BCUT2D eigenvalue weighted by Crippen LogP contribution is 2.44. The van der Waals surface area contributed by atoms with Gasteiger partial charge in [0.2, 0.25) is 11.8 Å². The van der Waals surface area contributed by atoms with Crippen molar-refractivity contribution in [2.45, 2.75) is 23.8 Å². The van der Waals surface area contributed by atoms with Crippen molar-refractivity contribution in [3.05, 3.63) is 71.8 Å². The maximum absolute atomic E-state index is 12.8. The van der Waals surface area contributed by atoms with Crippen molar-refractivity contribution in [3.8, 4) is 0 Å². The molecule has 2 amide bonds. The summed E-state index contributed by atoms with van der Waals surface area (Å²) in [5.41, 5.74) is 3.16. The van der Waals surface area contributed by atoms with Crippen LogP contribution in [0, 0.1) is 5.92 Å². The number of hydrogen-bond acceptors (Lipinski definition) is 4. The Morgan fingerprint density at radius 3 is 2.45 bits per heavy atom. The second-order valence-electron chi connectivity index (χ2n) is 7.89. The van der Waals surface area contributed by atoms with Crippen LogP contribution in [0.5, 0.6) is 0 Å². The van der Waals surface area contributed by atoms with E-state index in [2.05, 4.69) is 17.4 Å². The third-order valence-corrected chi connectivity index (χ3v) is 8.66. The summed E-state index contributed by atoms with van der Waals surface area (Å²) in [6, 6.07) is 18.1. The summed E-state index contributed by atoms with van der Waals surface area (Å²) in [4.78, 5) is 27.1. The van der Waals surface area contributed by atoms with Gasteiger partial charge in [-0.05, 0) is 60.1 Å². The molecule has 0 saturated carbocycles. The third-order valence-electron chi connectivity index (χ3n) is 5.65. The Bertz CT molecular complexity index is 918. The van der Waals surface area contributed by atoms with Crippen LogP contribution < -0.4 is 5.32 Å². The Morgan fingerprint density at radius 1 is 0.968 bits per heavy atom. The minimum atomic E-state index is -0.0516. The molecule has 31 heavy (non-hydrogen) atoms. The average molecular weight is 453 g/mol. The molecule has 162 valence electrons. The van der Waals surface area contributed by atoms with E-state index in [1.807, 2.05) is 77.0 Å². The topological polar surface area (TPSA) is 49.4 Å². The molecule has 0 spiro atoms. The minimum absolute atomic E-state index is 0.0119. The van der Waals surface area contributed by atoms with E-state index in [4.69, 9.17) is 0 Å². The van der Waals surface area contributed by atoms with Crippen molar-refractivity contribution < 1.29 is 9.59 Å².